The van der Waals surface area contributed by atoms with Crippen molar-refractivity contribution in [2.75, 3.05) is 14.2 Å². The van der Waals surface area contributed by atoms with E-state index in [0.717, 1.165) is 25.7 Å². The number of fused-ring (bicyclic) bond motifs is 6. The van der Waals surface area contributed by atoms with Gasteiger partial charge < -0.3 is 67.4 Å². The third kappa shape index (κ3) is 9.39. The van der Waals surface area contributed by atoms with Gasteiger partial charge in [0.1, 0.15) is 30.2 Å². The number of ether oxygens (including phenoxy) is 11. The lowest BCUT2D eigenvalue weighted by molar-refractivity contribution is -0.345. The summed E-state index contributed by atoms with van der Waals surface area (Å²) in [6, 6.07) is 0. The number of carbonyl (C=O) groups is 2. The van der Waals surface area contributed by atoms with Crippen LogP contribution in [0, 0.1) is 40.4 Å². The number of allylic oxidation sites excluding steroid dienone is 2. The predicted octanol–water partition coefficient (Wildman–Crippen LogP) is 5.84. The van der Waals surface area contributed by atoms with E-state index >= 15 is 0 Å². The Morgan fingerprint density at radius 3 is 1.93 bits per heavy atom. The van der Waals surface area contributed by atoms with E-state index in [1.54, 1.807) is 34.1 Å². The van der Waals surface area contributed by atoms with Gasteiger partial charge >= 0.3 is 5.97 Å². The lowest BCUT2D eigenvalue weighted by Gasteiger charge is -2.63. The SMILES string of the molecule is C/C=C(\C)C(=O)O[C@@H]1CC2C(CC=C3C[C@@H](OC4CC(OC)C(OC5CC(OC)C(OC6CC(O)C(OC7OC(C)C(O)C8CC78)C(C)O6)C(C)O5)C(C)O4)CC[C@@]32C)[C@@]2(O)CCC(C(C)=O)[C@@]12C. The van der Waals surface area contributed by atoms with Crippen molar-refractivity contribution in [1.82, 2.24) is 0 Å². The average Bonchev–Trinajstić information content (AvgIpc) is 4.06. The summed E-state index contributed by atoms with van der Waals surface area (Å²) in [6.45, 7) is 17.1. The molecule has 16 heteroatoms. The Kier molecular flexibility index (Phi) is 15.1. The van der Waals surface area contributed by atoms with Crippen LogP contribution in [-0.4, -0.2) is 151 Å². The molecule has 4 saturated heterocycles. The number of aliphatic hydroxyl groups is 3. The highest BCUT2D eigenvalue weighted by Gasteiger charge is 2.71. The van der Waals surface area contributed by atoms with Gasteiger partial charge in [-0.15, -0.1) is 0 Å². The second-order valence-electron chi connectivity index (χ2n) is 22.8. The first kappa shape index (κ1) is 52.0. The molecule has 3 N–H and O–H groups in total. The molecule has 4 saturated carbocycles. The molecule has 0 bridgehead atoms. The molecule has 69 heavy (non-hydrogen) atoms. The van der Waals surface area contributed by atoms with E-state index in [9.17, 15) is 24.9 Å². The van der Waals surface area contributed by atoms with E-state index < -0.39 is 97.1 Å². The molecule has 4 aliphatic heterocycles. The summed E-state index contributed by atoms with van der Waals surface area (Å²) in [5.41, 5.74) is -0.431. The van der Waals surface area contributed by atoms with Crippen molar-refractivity contribution in [1.29, 1.82) is 0 Å². The molecule has 9 aliphatic rings. The van der Waals surface area contributed by atoms with Crippen LogP contribution in [0.1, 0.15) is 133 Å². The maximum Gasteiger partial charge on any atom is 0.333 e. The van der Waals surface area contributed by atoms with Gasteiger partial charge in [-0.2, -0.15) is 0 Å². The van der Waals surface area contributed by atoms with Crippen molar-refractivity contribution in [2.24, 2.45) is 40.4 Å². The number of hydrogen-bond donors (Lipinski definition) is 3. The van der Waals surface area contributed by atoms with Crippen LogP contribution in [-0.2, 0) is 61.7 Å². The topological polar surface area (TPSA) is 196 Å². The van der Waals surface area contributed by atoms with Gasteiger partial charge in [0.2, 0.25) is 0 Å². The van der Waals surface area contributed by atoms with Gasteiger partial charge in [-0.25, -0.2) is 4.79 Å². The molecular weight excluding hydrogens is 893 g/mol. The van der Waals surface area contributed by atoms with Crippen molar-refractivity contribution in [3.05, 3.63) is 23.3 Å². The van der Waals surface area contributed by atoms with E-state index in [1.165, 1.54) is 5.57 Å². The Balaban J connectivity index is 0.786. The molecule has 25 atom stereocenters. The number of methoxy groups -OCH3 is 2. The van der Waals surface area contributed by atoms with Crippen LogP contribution < -0.4 is 0 Å². The second kappa shape index (κ2) is 20.1. The number of hydrogen-bond acceptors (Lipinski definition) is 16. The van der Waals surface area contributed by atoms with Gasteiger partial charge in [0, 0.05) is 56.3 Å². The van der Waals surface area contributed by atoms with Crippen molar-refractivity contribution in [3.63, 3.8) is 0 Å². The van der Waals surface area contributed by atoms with Gasteiger partial charge in [-0.05, 0) is 123 Å². The number of esters is 1. The molecule has 0 aromatic carbocycles. The smallest absolute Gasteiger partial charge is 0.333 e. The maximum absolute atomic E-state index is 13.3. The number of ketones is 1. The quantitative estimate of drug-likeness (QED) is 0.113. The first-order valence-corrected chi connectivity index (χ1v) is 26.2. The van der Waals surface area contributed by atoms with Gasteiger partial charge in [0.15, 0.2) is 25.2 Å². The van der Waals surface area contributed by atoms with E-state index in [1.807, 2.05) is 41.5 Å². The molecule has 9 rings (SSSR count). The zero-order valence-electron chi connectivity index (χ0n) is 42.8. The van der Waals surface area contributed by atoms with Crippen LogP contribution >= 0.6 is 0 Å². The van der Waals surface area contributed by atoms with Crippen LogP contribution in [0.4, 0.5) is 0 Å². The Morgan fingerprint density at radius 1 is 0.725 bits per heavy atom. The molecule has 8 fully saturated rings. The van der Waals surface area contributed by atoms with Crippen LogP contribution in [0.5, 0.6) is 0 Å². The normalized spacial score (nSPS) is 51.9. The van der Waals surface area contributed by atoms with Crippen LogP contribution in [0.25, 0.3) is 0 Å². The standard InChI is InChI=1S/C53H82O16/c1-12-25(2)49(57)66-41-21-37-36(53(58)18-16-35(26(3)54)52(41,53)9)14-13-31-19-32(15-17-51(31,37)8)65-43-23-39(59-10)48(29(6)62-43)68-44-24-40(60-11)47(30(7)63-44)67-42-22-38(55)46(28(5)61-42)69-50-34-20-33(34)45(56)27(4)64-50/h12-13,27-30,32-48,50,55-56,58H,14-24H2,1-11H3/b25-12+/t27?,28?,29?,30?,32-,33?,34?,35?,36?,37?,38?,39?,40?,41+,42?,43?,44?,45?,46?,47?,48?,50?,51-,52-,53-/m0/s1. The Morgan fingerprint density at radius 2 is 1.33 bits per heavy atom. The van der Waals surface area contributed by atoms with Crippen LogP contribution in [0.2, 0.25) is 0 Å². The molecule has 0 aromatic heterocycles. The number of aliphatic hydroxyl groups excluding tert-OH is 2. The zero-order valence-corrected chi connectivity index (χ0v) is 42.8. The largest absolute Gasteiger partial charge is 0.458 e. The summed E-state index contributed by atoms with van der Waals surface area (Å²) in [6.07, 6.45) is 2.46. The fourth-order valence-electron chi connectivity index (χ4n) is 14.7. The molecule has 16 nitrogen and oxygen atoms in total. The summed E-state index contributed by atoms with van der Waals surface area (Å²) in [4.78, 5) is 26.5. The predicted molar refractivity (Wildman–Crippen MR) is 248 cm³/mol. The summed E-state index contributed by atoms with van der Waals surface area (Å²) in [7, 11) is 3.32. The minimum absolute atomic E-state index is 0.0415. The van der Waals surface area contributed by atoms with E-state index in [0.29, 0.717) is 44.1 Å². The maximum atomic E-state index is 13.3. The lowest BCUT2D eigenvalue weighted by atomic mass is 9.45. The number of carbonyl (C=O) groups excluding carboxylic acids is 2. The third-order valence-electron chi connectivity index (χ3n) is 19.1. The highest BCUT2D eigenvalue weighted by atomic mass is 16.8. The van der Waals surface area contributed by atoms with Crippen molar-refractivity contribution >= 4 is 11.8 Å². The van der Waals surface area contributed by atoms with Gasteiger partial charge in [-0.1, -0.05) is 31.6 Å². The summed E-state index contributed by atoms with van der Waals surface area (Å²) < 4.78 is 69.9. The molecule has 0 radical (unpaired) electrons. The molecule has 0 spiro atoms. The van der Waals surface area contributed by atoms with E-state index in [4.69, 9.17) is 52.1 Å². The molecule has 0 aromatic rings. The second-order valence-corrected chi connectivity index (χ2v) is 22.8. The fraction of sp³-hybridized carbons (Fsp3) is 0.887. The van der Waals surface area contributed by atoms with E-state index in [-0.39, 0.29) is 71.6 Å². The van der Waals surface area contributed by atoms with Gasteiger partial charge in [-0.3, -0.25) is 4.79 Å². The Bertz CT molecular complexity index is 1910. The van der Waals surface area contributed by atoms with Crippen molar-refractivity contribution < 1.29 is 77.0 Å². The summed E-state index contributed by atoms with van der Waals surface area (Å²) in [5.74, 6) is -0.430. The van der Waals surface area contributed by atoms with Crippen molar-refractivity contribution in [3.8, 4) is 0 Å². The van der Waals surface area contributed by atoms with Gasteiger partial charge in [0.25, 0.3) is 0 Å². The molecule has 4 heterocycles. The molecule has 5 aliphatic carbocycles. The minimum Gasteiger partial charge on any atom is -0.458 e. The monoisotopic (exact) mass is 975 g/mol. The summed E-state index contributed by atoms with van der Waals surface area (Å²) in [5, 5.41) is 34.4. The summed E-state index contributed by atoms with van der Waals surface area (Å²) >= 11 is 0. The first-order chi connectivity index (χ1) is 32.7. The van der Waals surface area contributed by atoms with Crippen LogP contribution in [0.15, 0.2) is 23.3 Å². The average molecular weight is 975 g/mol. The molecule has 390 valence electrons. The molecule has 20 unspecified atom stereocenters. The highest BCUT2D eigenvalue weighted by molar-refractivity contribution is 5.88. The van der Waals surface area contributed by atoms with Crippen molar-refractivity contribution in [2.45, 2.75) is 243 Å². The number of rotatable bonds is 13. The van der Waals surface area contributed by atoms with Crippen LogP contribution in [0.3, 0.4) is 0 Å². The Hall–Kier alpha value is -1.90. The first-order valence-electron chi connectivity index (χ1n) is 26.2. The minimum atomic E-state index is -1.15. The third-order valence-corrected chi connectivity index (χ3v) is 19.1. The number of Topliss-reactive ketones (excluding diaryl/α,β-unsaturated/α-hetero) is 1. The van der Waals surface area contributed by atoms with E-state index in [2.05, 4.69) is 13.0 Å². The zero-order chi connectivity index (χ0) is 49.5. The molecular formula is C53H82O16. The fourth-order valence-corrected chi connectivity index (χ4v) is 14.7. The highest BCUT2D eigenvalue weighted by Crippen LogP contribution is 2.69. The lowest BCUT2D eigenvalue weighted by Crippen LogP contribution is -2.66. The molecule has 0 amide bonds. The Labute approximate surface area is 408 Å². The van der Waals surface area contributed by atoms with Gasteiger partial charge in [0.05, 0.1) is 60.5 Å².